The Morgan fingerprint density at radius 2 is 2.17 bits per heavy atom. The molecule has 3 rings (SSSR count). The number of hydrogen-bond acceptors (Lipinski definition) is 4. The number of amides is 1. The van der Waals surface area contributed by atoms with Crippen molar-refractivity contribution in [2.24, 2.45) is 0 Å². The summed E-state index contributed by atoms with van der Waals surface area (Å²) in [6, 6.07) is 9.26. The highest BCUT2D eigenvalue weighted by Gasteiger charge is 2.15. The first-order valence-electron chi connectivity index (χ1n) is 7.73. The maximum Gasteiger partial charge on any atom is 0.268 e. The van der Waals surface area contributed by atoms with E-state index in [1.54, 1.807) is 23.1 Å². The van der Waals surface area contributed by atoms with Crippen LogP contribution in [0.25, 0.3) is 10.6 Å². The fourth-order valence-electron chi connectivity index (χ4n) is 2.24. The van der Waals surface area contributed by atoms with E-state index in [0.717, 1.165) is 30.0 Å². The van der Waals surface area contributed by atoms with E-state index < -0.39 is 0 Å². The number of aryl methyl sites for hydroxylation is 1. The first-order valence-corrected chi connectivity index (χ1v) is 8.92. The lowest BCUT2D eigenvalue weighted by Gasteiger charge is -2.07. The molecule has 2 aromatic heterocycles. The van der Waals surface area contributed by atoms with Gasteiger partial charge in [-0.25, -0.2) is 9.67 Å². The minimum absolute atomic E-state index is 0.191. The van der Waals surface area contributed by atoms with Gasteiger partial charge in [0, 0.05) is 18.2 Å². The molecule has 0 spiro atoms. The SMILES string of the molecule is CCCCn1nccc1NC(=O)c1cnc(-c2ccccc2Cl)s1. The molecule has 3 aromatic rings. The Hall–Kier alpha value is -2.18. The van der Waals surface area contributed by atoms with Gasteiger partial charge in [0.1, 0.15) is 15.7 Å². The maximum atomic E-state index is 12.5. The van der Waals surface area contributed by atoms with E-state index in [1.165, 1.54) is 11.3 Å². The van der Waals surface area contributed by atoms with E-state index in [9.17, 15) is 4.79 Å². The fourth-order valence-corrected chi connectivity index (χ4v) is 3.37. The number of nitrogens with one attached hydrogen (secondary N) is 1. The molecule has 0 aliphatic rings. The first-order chi connectivity index (χ1) is 11.7. The number of hydrogen-bond donors (Lipinski definition) is 1. The molecule has 1 aromatic carbocycles. The average Bonchev–Trinajstić information content (AvgIpc) is 3.23. The number of carbonyl (C=O) groups is 1. The highest BCUT2D eigenvalue weighted by molar-refractivity contribution is 7.17. The van der Waals surface area contributed by atoms with Crippen molar-refractivity contribution in [1.29, 1.82) is 0 Å². The van der Waals surface area contributed by atoms with Crippen molar-refractivity contribution in [2.75, 3.05) is 5.32 Å². The monoisotopic (exact) mass is 360 g/mol. The molecule has 1 amide bonds. The van der Waals surface area contributed by atoms with Crippen LogP contribution in [-0.4, -0.2) is 20.7 Å². The summed E-state index contributed by atoms with van der Waals surface area (Å²) in [4.78, 5) is 17.3. The van der Waals surface area contributed by atoms with E-state index in [-0.39, 0.29) is 5.91 Å². The third kappa shape index (κ3) is 3.66. The second kappa shape index (κ2) is 7.59. The van der Waals surface area contributed by atoms with Crippen LogP contribution in [0, 0.1) is 0 Å². The van der Waals surface area contributed by atoms with Crippen LogP contribution in [0.3, 0.4) is 0 Å². The third-order valence-electron chi connectivity index (χ3n) is 3.52. The topological polar surface area (TPSA) is 59.8 Å². The number of unbranched alkanes of at least 4 members (excludes halogenated alkanes) is 1. The molecule has 0 saturated carbocycles. The highest BCUT2D eigenvalue weighted by Crippen LogP contribution is 2.31. The molecule has 0 radical (unpaired) electrons. The Bertz CT molecular complexity index is 842. The summed E-state index contributed by atoms with van der Waals surface area (Å²) in [7, 11) is 0. The zero-order valence-electron chi connectivity index (χ0n) is 13.2. The summed E-state index contributed by atoms with van der Waals surface area (Å²) < 4.78 is 1.80. The molecule has 7 heteroatoms. The Kier molecular flexibility index (Phi) is 5.27. The van der Waals surface area contributed by atoms with Gasteiger partial charge in [0.05, 0.1) is 17.4 Å². The molecule has 2 heterocycles. The number of halogens is 1. The van der Waals surface area contributed by atoms with Crippen molar-refractivity contribution >= 4 is 34.7 Å². The van der Waals surface area contributed by atoms with Gasteiger partial charge in [0.15, 0.2) is 0 Å². The zero-order valence-corrected chi connectivity index (χ0v) is 14.8. The van der Waals surface area contributed by atoms with Crippen molar-refractivity contribution in [2.45, 2.75) is 26.3 Å². The van der Waals surface area contributed by atoms with Gasteiger partial charge in [-0.1, -0.05) is 43.1 Å². The number of rotatable bonds is 6. The lowest BCUT2D eigenvalue weighted by Crippen LogP contribution is -2.14. The molecule has 0 saturated heterocycles. The van der Waals surface area contributed by atoms with Gasteiger partial charge in [-0.15, -0.1) is 11.3 Å². The molecule has 24 heavy (non-hydrogen) atoms. The quantitative estimate of drug-likeness (QED) is 0.692. The maximum absolute atomic E-state index is 12.5. The Balaban J connectivity index is 1.75. The van der Waals surface area contributed by atoms with E-state index in [4.69, 9.17) is 11.6 Å². The molecule has 5 nitrogen and oxygen atoms in total. The number of nitrogens with zero attached hydrogens (tertiary/aromatic N) is 3. The van der Waals surface area contributed by atoms with Crippen LogP contribution in [0.2, 0.25) is 5.02 Å². The number of benzene rings is 1. The summed E-state index contributed by atoms with van der Waals surface area (Å²) in [6.45, 7) is 2.90. The van der Waals surface area contributed by atoms with Gasteiger partial charge in [-0.3, -0.25) is 4.79 Å². The smallest absolute Gasteiger partial charge is 0.268 e. The molecule has 0 aliphatic carbocycles. The Labute approximate surface area is 149 Å². The van der Waals surface area contributed by atoms with E-state index in [1.807, 2.05) is 24.3 Å². The third-order valence-corrected chi connectivity index (χ3v) is 4.87. The van der Waals surface area contributed by atoms with Gasteiger partial charge >= 0.3 is 0 Å². The first kappa shape index (κ1) is 16.7. The van der Waals surface area contributed by atoms with Crippen LogP contribution >= 0.6 is 22.9 Å². The molecular weight excluding hydrogens is 344 g/mol. The van der Waals surface area contributed by atoms with Crippen LogP contribution < -0.4 is 5.32 Å². The summed E-state index contributed by atoms with van der Waals surface area (Å²) >= 11 is 7.50. The van der Waals surface area contributed by atoms with Crippen LogP contribution in [-0.2, 0) is 6.54 Å². The Morgan fingerprint density at radius 1 is 1.33 bits per heavy atom. The Morgan fingerprint density at radius 3 is 2.96 bits per heavy atom. The van der Waals surface area contributed by atoms with Gasteiger partial charge in [-0.2, -0.15) is 5.10 Å². The second-order valence-electron chi connectivity index (χ2n) is 5.26. The van der Waals surface area contributed by atoms with Gasteiger partial charge in [0.2, 0.25) is 0 Å². The minimum Gasteiger partial charge on any atom is -0.306 e. The molecule has 0 atom stereocenters. The van der Waals surface area contributed by atoms with Crippen LogP contribution in [0.15, 0.2) is 42.7 Å². The van der Waals surface area contributed by atoms with Gasteiger partial charge in [-0.05, 0) is 12.5 Å². The molecule has 0 fully saturated rings. The number of anilines is 1. The number of carbonyl (C=O) groups excluding carboxylic acids is 1. The summed E-state index contributed by atoms with van der Waals surface area (Å²) in [5, 5.41) is 8.48. The molecular formula is C17H17ClN4OS. The van der Waals surface area contributed by atoms with E-state index in [0.29, 0.717) is 15.7 Å². The lowest BCUT2D eigenvalue weighted by molar-refractivity contribution is 0.102. The summed E-state index contributed by atoms with van der Waals surface area (Å²) in [5.41, 5.74) is 0.830. The van der Waals surface area contributed by atoms with Crippen molar-refractivity contribution < 1.29 is 4.79 Å². The van der Waals surface area contributed by atoms with Crippen molar-refractivity contribution in [3.63, 3.8) is 0 Å². The largest absolute Gasteiger partial charge is 0.306 e. The zero-order chi connectivity index (χ0) is 16.9. The number of thiazole rings is 1. The molecule has 1 N–H and O–H groups in total. The fraction of sp³-hybridized carbons (Fsp3) is 0.235. The summed E-state index contributed by atoms with van der Waals surface area (Å²) in [5.74, 6) is 0.505. The molecule has 124 valence electrons. The van der Waals surface area contributed by atoms with E-state index in [2.05, 4.69) is 22.3 Å². The predicted octanol–water partition coefficient (Wildman–Crippen LogP) is 4.71. The van der Waals surface area contributed by atoms with Gasteiger partial charge < -0.3 is 5.32 Å². The number of aromatic nitrogens is 3. The predicted molar refractivity (Wildman–Crippen MR) is 97.6 cm³/mol. The molecule has 0 bridgehead atoms. The van der Waals surface area contributed by atoms with Crippen LogP contribution in [0.4, 0.5) is 5.82 Å². The van der Waals surface area contributed by atoms with Crippen molar-refractivity contribution in [3.05, 3.63) is 52.6 Å². The van der Waals surface area contributed by atoms with Gasteiger partial charge in [0.25, 0.3) is 5.91 Å². The molecule has 0 aliphatic heterocycles. The van der Waals surface area contributed by atoms with E-state index >= 15 is 0 Å². The highest BCUT2D eigenvalue weighted by atomic mass is 35.5. The average molecular weight is 361 g/mol. The lowest BCUT2D eigenvalue weighted by atomic mass is 10.2. The molecule has 0 unspecified atom stereocenters. The summed E-state index contributed by atoms with van der Waals surface area (Å²) in [6.07, 6.45) is 5.35. The van der Waals surface area contributed by atoms with Crippen molar-refractivity contribution in [3.8, 4) is 10.6 Å². The van der Waals surface area contributed by atoms with Crippen LogP contribution in [0.5, 0.6) is 0 Å². The van der Waals surface area contributed by atoms with Crippen LogP contribution in [0.1, 0.15) is 29.4 Å². The normalized spacial score (nSPS) is 10.8. The standard InChI is InChI=1S/C17H17ClN4OS/c1-2-3-10-22-15(8-9-20-22)21-16(23)14-11-19-17(24-14)12-6-4-5-7-13(12)18/h4-9,11H,2-3,10H2,1H3,(H,21,23). The minimum atomic E-state index is -0.191. The van der Waals surface area contributed by atoms with Crippen molar-refractivity contribution in [1.82, 2.24) is 14.8 Å². The second-order valence-corrected chi connectivity index (χ2v) is 6.69.